The van der Waals surface area contributed by atoms with Gasteiger partial charge in [0.15, 0.2) is 11.2 Å². The van der Waals surface area contributed by atoms with Crippen molar-refractivity contribution in [3.63, 3.8) is 0 Å². The fourth-order valence-corrected chi connectivity index (χ4v) is 2.92. The summed E-state index contributed by atoms with van der Waals surface area (Å²) in [6.45, 7) is 0.800. The van der Waals surface area contributed by atoms with Crippen LogP contribution in [0.2, 0.25) is 0 Å². The minimum absolute atomic E-state index is 0.00146. The molecule has 0 unspecified atom stereocenters. The van der Waals surface area contributed by atoms with E-state index in [9.17, 15) is 9.59 Å². The van der Waals surface area contributed by atoms with Crippen molar-refractivity contribution >= 4 is 16.9 Å². The van der Waals surface area contributed by atoms with Gasteiger partial charge in [-0.05, 0) is 35.4 Å². The highest BCUT2D eigenvalue weighted by atomic mass is 16.5. The maximum Gasteiger partial charge on any atom is 0.287 e. The summed E-state index contributed by atoms with van der Waals surface area (Å²) in [5.74, 6) is 0.395. The molecule has 0 aliphatic heterocycles. The third-order valence-corrected chi connectivity index (χ3v) is 4.48. The molecule has 1 aromatic heterocycles. The van der Waals surface area contributed by atoms with Crippen LogP contribution in [0.4, 0.5) is 0 Å². The Kier molecular flexibility index (Phi) is 5.38. The highest BCUT2D eigenvalue weighted by Crippen LogP contribution is 2.13. The van der Waals surface area contributed by atoms with Crippen molar-refractivity contribution in [2.45, 2.75) is 13.2 Å². The van der Waals surface area contributed by atoms with Gasteiger partial charge >= 0.3 is 0 Å². The Labute approximate surface area is 167 Å². The maximum atomic E-state index is 12.4. The molecule has 0 bridgehead atoms. The van der Waals surface area contributed by atoms with Crippen LogP contribution in [0, 0.1) is 0 Å². The molecule has 3 aromatic carbocycles. The lowest BCUT2D eigenvalue weighted by molar-refractivity contribution is 0.0923. The van der Waals surface area contributed by atoms with Crippen LogP contribution in [-0.2, 0) is 13.2 Å². The van der Waals surface area contributed by atoms with E-state index in [1.165, 1.54) is 6.07 Å². The summed E-state index contributed by atoms with van der Waals surface area (Å²) < 4.78 is 11.3. The van der Waals surface area contributed by atoms with Crippen LogP contribution in [0.15, 0.2) is 94.1 Å². The van der Waals surface area contributed by atoms with Gasteiger partial charge in [-0.1, -0.05) is 54.6 Å². The number of para-hydroxylation sites is 2. The third kappa shape index (κ3) is 4.52. The Hall–Kier alpha value is -3.86. The average molecular weight is 385 g/mol. The van der Waals surface area contributed by atoms with Crippen molar-refractivity contribution in [2.24, 2.45) is 0 Å². The molecule has 0 fully saturated rings. The molecule has 4 aromatic rings. The van der Waals surface area contributed by atoms with Crippen LogP contribution < -0.4 is 15.5 Å². The molecule has 0 aliphatic rings. The first-order valence-corrected chi connectivity index (χ1v) is 9.26. The Morgan fingerprint density at radius 1 is 0.862 bits per heavy atom. The lowest BCUT2D eigenvalue weighted by atomic mass is 10.1. The molecule has 0 spiro atoms. The molecule has 0 saturated heterocycles. The second kappa shape index (κ2) is 8.44. The first kappa shape index (κ1) is 18.5. The molecule has 0 aliphatic carbocycles. The second-order valence-electron chi connectivity index (χ2n) is 6.57. The van der Waals surface area contributed by atoms with Gasteiger partial charge in [-0.25, -0.2) is 0 Å². The van der Waals surface area contributed by atoms with Crippen molar-refractivity contribution in [3.8, 4) is 5.75 Å². The number of ether oxygens (including phenoxy) is 1. The van der Waals surface area contributed by atoms with Gasteiger partial charge in [0.2, 0.25) is 0 Å². The van der Waals surface area contributed by atoms with Gasteiger partial charge in [0.25, 0.3) is 5.91 Å². The molecule has 5 heteroatoms. The first-order valence-electron chi connectivity index (χ1n) is 9.26. The van der Waals surface area contributed by atoms with E-state index in [1.807, 2.05) is 54.6 Å². The lowest BCUT2D eigenvalue weighted by Crippen LogP contribution is -2.24. The number of hydrogen-bond acceptors (Lipinski definition) is 4. The van der Waals surface area contributed by atoms with Crippen molar-refractivity contribution < 1.29 is 13.9 Å². The maximum absolute atomic E-state index is 12.4. The normalized spacial score (nSPS) is 10.6. The number of carbonyl (C=O) groups excluding carboxylic acids is 1. The molecular formula is C24H19NO4. The standard InChI is InChI=1S/C24H19NO4/c26-21-14-23(29-22-9-5-4-8-20(21)22)24(27)25-15-17-10-12-18(13-11-17)16-28-19-6-2-1-3-7-19/h1-14H,15-16H2,(H,25,27). The number of benzene rings is 3. The van der Waals surface area contributed by atoms with Crippen molar-refractivity contribution in [2.75, 3.05) is 0 Å². The summed E-state index contributed by atoms with van der Waals surface area (Å²) in [5, 5.41) is 3.24. The minimum atomic E-state index is -0.427. The van der Waals surface area contributed by atoms with Crippen LogP contribution in [0.25, 0.3) is 11.0 Å². The molecule has 0 atom stereocenters. The Bertz CT molecular complexity index is 1180. The van der Waals surface area contributed by atoms with E-state index in [-0.39, 0.29) is 11.2 Å². The largest absolute Gasteiger partial charge is 0.489 e. The van der Waals surface area contributed by atoms with Gasteiger partial charge in [-0.15, -0.1) is 0 Å². The number of rotatable bonds is 6. The molecule has 29 heavy (non-hydrogen) atoms. The molecular weight excluding hydrogens is 366 g/mol. The number of fused-ring (bicyclic) bond motifs is 1. The summed E-state index contributed by atoms with van der Waals surface area (Å²) in [5.41, 5.74) is 2.13. The highest BCUT2D eigenvalue weighted by molar-refractivity contribution is 5.93. The monoisotopic (exact) mass is 385 g/mol. The summed E-state index contributed by atoms with van der Waals surface area (Å²) in [6, 6.07) is 25.5. The van der Waals surface area contributed by atoms with E-state index in [2.05, 4.69) is 5.32 Å². The second-order valence-corrected chi connectivity index (χ2v) is 6.57. The highest BCUT2D eigenvalue weighted by Gasteiger charge is 2.12. The predicted molar refractivity (Wildman–Crippen MR) is 111 cm³/mol. The van der Waals surface area contributed by atoms with Crippen LogP contribution in [-0.4, -0.2) is 5.91 Å². The van der Waals surface area contributed by atoms with Gasteiger partial charge in [0.05, 0.1) is 5.39 Å². The Balaban J connectivity index is 1.36. The molecule has 1 heterocycles. The summed E-state index contributed by atoms with van der Waals surface area (Å²) in [4.78, 5) is 24.5. The predicted octanol–water partition coefficient (Wildman–Crippen LogP) is 4.30. The van der Waals surface area contributed by atoms with Crippen LogP contribution >= 0.6 is 0 Å². The van der Waals surface area contributed by atoms with Crippen LogP contribution in [0.3, 0.4) is 0 Å². The average Bonchev–Trinajstić information content (AvgIpc) is 2.77. The van der Waals surface area contributed by atoms with Crippen molar-refractivity contribution in [1.82, 2.24) is 5.32 Å². The van der Waals surface area contributed by atoms with Gasteiger partial charge in [0, 0.05) is 12.6 Å². The van der Waals surface area contributed by atoms with E-state index >= 15 is 0 Å². The minimum Gasteiger partial charge on any atom is -0.489 e. The van der Waals surface area contributed by atoms with E-state index in [4.69, 9.17) is 9.15 Å². The zero-order valence-electron chi connectivity index (χ0n) is 15.6. The molecule has 4 rings (SSSR count). The fourth-order valence-electron chi connectivity index (χ4n) is 2.92. The smallest absolute Gasteiger partial charge is 0.287 e. The van der Waals surface area contributed by atoms with Crippen molar-refractivity contribution in [3.05, 3.63) is 112 Å². The SMILES string of the molecule is O=C(NCc1ccc(COc2ccccc2)cc1)c1cc(=O)c2ccccc2o1. The summed E-state index contributed by atoms with van der Waals surface area (Å²) in [6.07, 6.45) is 0. The van der Waals surface area contributed by atoms with E-state index in [1.54, 1.807) is 24.3 Å². The third-order valence-electron chi connectivity index (χ3n) is 4.48. The molecule has 0 radical (unpaired) electrons. The van der Waals surface area contributed by atoms with E-state index in [0.29, 0.717) is 24.1 Å². The molecule has 144 valence electrons. The number of hydrogen-bond donors (Lipinski definition) is 1. The van der Waals surface area contributed by atoms with E-state index in [0.717, 1.165) is 16.9 Å². The zero-order valence-corrected chi connectivity index (χ0v) is 15.6. The zero-order chi connectivity index (χ0) is 20.1. The molecule has 1 amide bonds. The lowest BCUT2D eigenvalue weighted by Gasteiger charge is -2.08. The van der Waals surface area contributed by atoms with Crippen LogP contribution in [0.5, 0.6) is 5.75 Å². The summed E-state index contributed by atoms with van der Waals surface area (Å²) >= 11 is 0. The molecule has 1 N–H and O–H groups in total. The van der Waals surface area contributed by atoms with Gasteiger partial charge in [-0.3, -0.25) is 9.59 Å². The molecule has 5 nitrogen and oxygen atoms in total. The van der Waals surface area contributed by atoms with Gasteiger partial charge < -0.3 is 14.5 Å². The number of nitrogens with one attached hydrogen (secondary N) is 1. The quantitative estimate of drug-likeness (QED) is 0.537. The number of amides is 1. The van der Waals surface area contributed by atoms with Gasteiger partial charge in [-0.2, -0.15) is 0 Å². The first-order chi connectivity index (χ1) is 14.2. The van der Waals surface area contributed by atoms with Crippen molar-refractivity contribution in [1.29, 1.82) is 0 Å². The number of carbonyl (C=O) groups is 1. The topological polar surface area (TPSA) is 68.5 Å². The molecule has 0 saturated carbocycles. The summed E-state index contributed by atoms with van der Waals surface area (Å²) in [7, 11) is 0. The fraction of sp³-hybridized carbons (Fsp3) is 0.0833. The van der Waals surface area contributed by atoms with E-state index < -0.39 is 5.91 Å². The Morgan fingerprint density at radius 3 is 2.34 bits per heavy atom. The van der Waals surface area contributed by atoms with Gasteiger partial charge in [0.1, 0.15) is 17.9 Å². The Morgan fingerprint density at radius 2 is 1.55 bits per heavy atom. The van der Waals surface area contributed by atoms with Crippen LogP contribution in [0.1, 0.15) is 21.7 Å².